The standard InChI is InChI=1S/C18H20N4O3S/c1-21-9-10-22(17(12-21)13-5-3-2-4-6-13)26(24,25)14-7-8-15-16(11-14)20-18(23)19-15/h2-8,11,17H,9-10,12H2,1H3,(H2,19,20,23). The van der Waals surface area contributed by atoms with Gasteiger partial charge in [-0.15, -0.1) is 0 Å². The fraction of sp³-hybridized carbons (Fsp3) is 0.278. The van der Waals surface area contributed by atoms with Crippen LogP contribution in [0.15, 0.2) is 58.2 Å². The molecule has 8 heteroatoms. The molecule has 1 aliphatic rings. The van der Waals surface area contributed by atoms with E-state index >= 15 is 0 Å². The van der Waals surface area contributed by atoms with Crippen LogP contribution in [0, 0.1) is 0 Å². The van der Waals surface area contributed by atoms with Crippen molar-refractivity contribution in [3.05, 3.63) is 64.6 Å². The molecule has 1 unspecified atom stereocenters. The van der Waals surface area contributed by atoms with Crippen LogP contribution in [0.25, 0.3) is 11.0 Å². The number of H-pyrrole nitrogens is 2. The summed E-state index contributed by atoms with van der Waals surface area (Å²) < 4.78 is 28.2. The summed E-state index contributed by atoms with van der Waals surface area (Å²) in [7, 11) is -1.70. The Morgan fingerprint density at radius 1 is 1.00 bits per heavy atom. The van der Waals surface area contributed by atoms with Gasteiger partial charge in [0.2, 0.25) is 10.0 Å². The largest absolute Gasteiger partial charge is 0.323 e. The summed E-state index contributed by atoms with van der Waals surface area (Å²) >= 11 is 0. The van der Waals surface area contributed by atoms with Gasteiger partial charge in [0.1, 0.15) is 0 Å². The van der Waals surface area contributed by atoms with Crippen molar-refractivity contribution in [2.24, 2.45) is 0 Å². The molecule has 0 saturated carbocycles. The van der Waals surface area contributed by atoms with Crippen LogP contribution in [0.5, 0.6) is 0 Å². The van der Waals surface area contributed by atoms with E-state index in [4.69, 9.17) is 0 Å². The van der Waals surface area contributed by atoms with Gasteiger partial charge in [-0.1, -0.05) is 30.3 Å². The predicted octanol–water partition coefficient (Wildman–Crippen LogP) is 1.53. The number of sulfonamides is 1. The zero-order chi connectivity index (χ0) is 18.3. The molecule has 2 N–H and O–H groups in total. The van der Waals surface area contributed by atoms with Crippen LogP contribution in [-0.2, 0) is 10.0 Å². The van der Waals surface area contributed by atoms with Crippen molar-refractivity contribution in [2.75, 3.05) is 26.7 Å². The van der Waals surface area contributed by atoms with Gasteiger partial charge in [0.15, 0.2) is 0 Å². The highest BCUT2D eigenvalue weighted by Crippen LogP contribution is 2.31. The first-order valence-corrected chi connectivity index (χ1v) is 9.86. The van der Waals surface area contributed by atoms with E-state index < -0.39 is 10.0 Å². The van der Waals surface area contributed by atoms with E-state index in [1.54, 1.807) is 16.4 Å². The van der Waals surface area contributed by atoms with Crippen molar-refractivity contribution >= 4 is 21.1 Å². The Morgan fingerprint density at radius 3 is 2.50 bits per heavy atom. The Kier molecular flexibility index (Phi) is 4.18. The van der Waals surface area contributed by atoms with Crippen LogP contribution in [0.1, 0.15) is 11.6 Å². The number of fused-ring (bicyclic) bond motifs is 1. The topological polar surface area (TPSA) is 89.3 Å². The molecule has 1 aromatic heterocycles. The number of nitrogens with one attached hydrogen (secondary N) is 2. The molecular formula is C18H20N4O3S. The van der Waals surface area contributed by atoms with Crippen LogP contribution < -0.4 is 5.69 Å². The molecule has 1 atom stereocenters. The Bertz CT molecular complexity index is 1090. The quantitative estimate of drug-likeness (QED) is 0.730. The van der Waals surface area contributed by atoms with Crippen molar-refractivity contribution in [3.63, 3.8) is 0 Å². The number of imidazole rings is 1. The van der Waals surface area contributed by atoms with Crippen molar-refractivity contribution in [1.82, 2.24) is 19.2 Å². The number of likely N-dealkylation sites (N-methyl/N-ethyl adjacent to an activating group) is 1. The Labute approximate surface area is 151 Å². The van der Waals surface area contributed by atoms with E-state index in [9.17, 15) is 13.2 Å². The third-order valence-electron chi connectivity index (χ3n) is 4.81. The van der Waals surface area contributed by atoms with Crippen LogP contribution in [-0.4, -0.2) is 54.3 Å². The minimum atomic E-state index is -3.69. The number of aromatic nitrogens is 2. The van der Waals surface area contributed by atoms with E-state index in [1.807, 2.05) is 37.4 Å². The molecule has 136 valence electrons. The van der Waals surface area contributed by atoms with Crippen LogP contribution in [0.2, 0.25) is 0 Å². The maximum atomic E-state index is 13.3. The molecule has 0 aliphatic carbocycles. The highest BCUT2D eigenvalue weighted by molar-refractivity contribution is 7.89. The second-order valence-electron chi connectivity index (χ2n) is 6.59. The zero-order valence-electron chi connectivity index (χ0n) is 14.3. The summed E-state index contributed by atoms with van der Waals surface area (Å²) in [6.07, 6.45) is 0. The first kappa shape index (κ1) is 17.0. The number of nitrogens with zero attached hydrogens (tertiary/aromatic N) is 2. The maximum absolute atomic E-state index is 13.3. The van der Waals surface area contributed by atoms with E-state index in [-0.39, 0.29) is 16.6 Å². The molecule has 1 saturated heterocycles. The molecule has 4 rings (SSSR count). The summed E-state index contributed by atoms with van der Waals surface area (Å²) in [6.45, 7) is 1.72. The number of benzene rings is 2. The van der Waals surface area contributed by atoms with Gasteiger partial charge in [-0.05, 0) is 30.8 Å². The molecule has 1 fully saturated rings. The zero-order valence-corrected chi connectivity index (χ0v) is 15.2. The molecule has 2 heterocycles. The number of piperazine rings is 1. The molecule has 1 aliphatic heterocycles. The lowest BCUT2D eigenvalue weighted by atomic mass is 10.1. The summed E-state index contributed by atoms with van der Waals surface area (Å²) in [5.74, 6) is 0. The smallest absolute Gasteiger partial charge is 0.306 e. The number of hydrogen-bond donors (Lipinski definition) is 2. The lowest BCUT2D eigenvalue weighted by Crippen LogP contribution is -2.49. The molecule has 0 spiro atoms. The Morgan fingerprint density at radius 2 is 1.73 bits per heavy atom. The molecule has 26 heavy (non-hydrogen) atoms. The molecule has 3 aromatic rings. The summed E-state index contributed by atoms with van der Waals surface area (Å²) in [5, 5.41) is 0. The summed E-state index contributed by atoms with van der Waals surface area (Å²) in [6, 6.07) is 14.1. The molecule has 2 aromatic carbocycles. The highest BCUT2D eigenvalue weighted by atomic mass is 32.2. The SMILES string of the molecule is CN1CCN(S(=O)(=O)c2ccc3[nH]c(=O)[nH]c3c2)C(c2ccccc2)C1. The summed E-state index contributed by atoms with van der Waals surface area (Å²) in [5.41, 5.74) is 1.70. The maximum Gasteiger partial charge on any atom is 0.323 e. The van der Waals surface area contributed by atoms with Crippen LogP contribution >= 0.6 is 0 Å². The van der Waals surface area contributed by atoms with Crippen molar-refractivity contribution in [3.8, 4) is 0 Å². The van der Waals surface area contributed by atoms with Gasteiger partial charge in [-0.3, -0.25) is 0 Å². The average Bonchev–Trinajstić information content (AvgIpc) is 3.01. The van der Waals surface area contributed by atoms with Gasteiger partial charge >= 0.3 is 5.69 Å². The van der Waals surface area contributed by atoms with E-state index in [0.717, 1.165) is 5.56 Å². The third-order valence-corrected chi connectivity index (χ3v) is 6.72. The highest BCUT2D eigenvalue weighted by Gasteiger charge is 2.36. The van der Waals surface area contributed by atoms with Crippen molar-refractivity contribution in [2.45, 2.75) is 10.9 Å². The van der Waals surface area contributed by atoms with Crippen molar-refractivity contribution < 1.29 is 8.42 Å². The normalized spacial score (nSPS) is 19.8. The van der Waals surface area contributed by atoms with Gasteiger partial charge in [-0.25, -0.2) is 13.2 Å². The van der Waals surface area contributed by atoms with Gasteiger partial charge in [0.05, 0.1) is 22.0 Å². The number of rotatable bonds is 3. The average molecular weight is 372 g/mol. The molecule has 7 nitrogen and oxygen atoms in total. The van der Waals surface area contributed by atoms with E-state index in [1.165, 1.54) is 6.07 Å². The second-order valence-corrected chi connectivity index (χ2v) is 8.48. The van der Waals surface area contributed by atoms with Gasteiger partial charge in [0, 0.05) is 19.6 Å². The molecule has 0 amide bonds. The van der Waals surface area contributed by atoms with E-state index in [0.29, 0.717) is 30.7 Å². The first-order valence-electron chi connectivity index (χ1n) is 8.42. The van der Waals surface area contributed by atoms with Gasteiger partial charge in [0.25, 0.3) is 0 Å². The first-order chi connectivity index (χ1) is 12.4. The fourth-order valence-corrected chi connectivity index (χ4v) is 5.07. The number of aromatic amines is 2. The molecule has 0 radical (unpaired) electrons. The van der Waals surface area contributed by atoms with Crippen LogP contribution in [0.4, 0.5) is 0 Å². The lowest BCUT2D eigenvalue weighted by Gasteiger charge is -2.39. The minimum absolute atomic E-state index is 0.186. The van der Waals surface area contributed by atoms with Gasteiger partial charge in [-0.2, -0.15) is 4.31 Å². The van der Waals surface area contributed by atoms with Crippen LogP contribution in [0.3, 0.4) is 0 Å². The Hall–Kier alpha value is -2.42. The van der Waals surface area contributed by atoms with Crippen molar-refractivity contribution in [1.29, 1.82) is 0 Å². The summed E-state index contributed by atoms with van der Waals surface area (Å²) in [4.78, 5) is 19.0. The lowest BCUT2D eigenvalue weighted by molar-refractivity contribution is 0.161. The molecule has 0 bridgehead atoms. The minimum Gasteiger partial charge on any atom is -0.306 e. The Balaban J connectivity index is 1.77. The number of hydrogen-bond acceptors (Lipinski definition) is 4. The monoisotopic (exact) mass is 372 g/mol. The van der Waals surface area contributed by atoms with Gasteiger partial charge < -0.3 is 14.9 Å². The fourth-order valence-electron chi connectivity index (χ4n) is 3.44. The molecular weight excluding hydrogens is 352 g/mol. The third kappa shape index (κ3) is 2.96. The second kappa shape index (κ2) is 6.39. The van der Waals surface area contributed by atoms with E-state index in [2.05, 4.69) is 14.9 Å². The predicted molar refractivity (Wildman–Crippen MR) is 99.5 cm³/mol.